The van der Waals surface area contributed by atoms with Gasteiger partial charge in [-0.15, -0.1) is 0 Å². The van der Waals surface area contributed by atoms with Crippen LogP contribution in [0.3, 0.4) is 0 Å². The molecule has 11 heteroatoms. The number of amides is 1. The molecule has 1 amide bonds. The Morgan fingerprint density at radius 1 is 1.09 bits per heavy atom. The minimum atomic E-state index is -4.11. The second-order valence-corrected chi connectivity index (χ2v) is 14.4. The number of nitrogens with zero attached hydrogens (tertiary/aromatic N) is 4. The first-order chi connectivity index (χ1) is 21.5. The topological polar surface area (TPSA) is 114 Å². The average molecular weight is 636 g/mol. The minimum Gasteiger partial charge on any atom is -0.475 e. The first kappa shape index (κ1) is 32.8. The van der Waals surface area contributed by atoms with Crippen molar-refractivity contribution >= 4 is 21.9 Å². The van der Waals surface area contributed by atoms with Crippen LogP contribution in [0.15, 0.2) is 53.4 Å². The van der Waals surface area contributed by atoms with Gasteiger partial charge in [0.15, 0.2) is 0 Å². The third-order valence-electron chi connectivity index (χ3n) is 8.82. The number of aromatic nitrogens is 2. The van der Waals surface area contributed by atoms with Crippen molar-refractivity contribution in [2.75, 3.05) is 38.6 Å². The van der Waals surface area contributed by atoms with Crippen LogP contribution < -0.4 is 9.46 Å². The van der Waals surface area contributed by atoms with Crippen LogP contribution >= 0.6 is 0 Å². The first-order valence-corrected chi connectivity index (χ1v) is 17.2. The van der Waals surface area contributed by atoms with E-state index in [-0.39, 0.29) is 47.2 Å². The number of benzene rings is 2. The second kappa shape index (κ2) is 13.8. The van der Waals surface area contributed by atoms with Gasteiger partial charge in [0.05, 0.1) is 16.6 Å². The van der Waals surface area contributed by atoms with Gasteiger partial charge in [0.1, 0.15) is 6.61 Å². The number of rotatable bonds is 9. The molecule has 45 heavy (non-hydrogen) atoms. The van der Waals surface area contributed by atoms with Crippen LogP contribution in [0.25, 0.3) is 11.3 Å². The van der Waals surface area contributed by atoms with Crippen molar-refractivity contribution < 1.29 is 22.7 Å². The highest BCUT2D eigenvalue weighted by Crippen LogP contribution is 2.35. The van der Waals surface area contributed by atoms with Crippen LogP contribution in [0.4, 0.5) is 5.95 Å². The highest BCUT2D eigenvalue weighted by molar-refractivity contribution is 7.92. The summed E-state index contributed by atoms with van der Waals surface area (Å²) in [5.74, 6) is 0.255. The van der Waals surface area contributed by atoms with Crippen molar-refractivity contribution in [2.45, 2.75) is 76.4 Å². The Morgan fingerprint density at radius 2 is 1.80 bits per heavy atom. The number of nitrogens with one attached hydrogen (secondary N) is 1. The number of aryl methyl sites for hydroxylation is 2. The van der Waals surface area contributed by atoms with Gasteiger partial charge < -0.3 is 19.3 Å². The molecular formula is C34H45N5O5S. The highest BCUT2D eigenvalue weighted by Gasteiger charge is 2.42. The third kappa shape index (κ3) is 7.48. The number of carbonyl (C=O) groups is 1. The van der Waals surface area contributed by atoms with E-state index < -0.39 is 10.0 Å². The monoisotopic (exact) mass is 635 g/mol. The van der Waals surface area contributed by atoms with E-state index in [4.69, 9.17) is 9.47 Å². The van der Waals surface area contributed by atoms with Crippen molar-refractivity contribution in [2.24, 2.45) is 5.92 Å². The standard InChI is InChI=1S/C34H45N5O5S/c1-22(2)16-28-21-44-31-20-30(32-23(3)10-7-11-24(32)4)35-34(36-31)37-45(41,42)29-13-8-12-25(17-29)33(40)39(28)27-18-26(19-27)38(5)14-9-15-43-6/h7-8,10-13,17,20,22,26-28H,9,14-16,18-19,21H2,1-6H3,(H,35,36,37)/t26-,27+,28-/m1/s1. The number of fused-ring (bicyclic) bond motifs is 4. The van der Waals surface area contributed by atoms with Crippen molar-refractivity contribution in [3.05, 3.63) is 65.2 Å². The second-order valence-electron chi connectivity index (χ2n) is 12.7. The molecule has 2 aromatic carbocycles. The molecule has 3 aromatic rings. The Balaban J connectivity index is 1.56. The van der Waals surface area contributed by atoms with Gasteiger partial charge in [0.2, 0.25) is 11.8 Å². The Morgan fingerprint density at radius 3 is 2.49 bits per heavy atom. The molecule has 2 aliphatic rings. The number of hydrogen-bond donors (Lipinski definition) is 1. The van der Waals surface area contributed by atoms with Crippen molar-refractivity contribution in [3.8, 4) is 17.1 Å². The van der Waals surface area contributed by atoms with Crippen LogP contribution in [0.5, 0.6) is 5.88 Å². The van der Waals surface area contributed by atoms with Gasteiger partial charge in [0.25, 0.3) is 15.9 Å². The smallest absolute Gasteiger partial charge is 0.264 e. The zero-order valence-corrected chi connectivity index (χ0v) is 27.9. The molecule has 10 nitrogen and oxygen atoms in total. The Labute approximate surface area is 267 Å². The third-order valence-corrected chi connectivity index (χ3v) is 10.1. The number of carbonyl (C=O) groups excluding carboxylic acids is 1. The number of anilines is 1. The lowest BCUT2D eigenvalue weighted by atomic mass is 9.82. The molecule has 242 valence electrons. The SMILES string of the molecule is COCCCN(C)[C@H]1C[C@@H](N2C(=O)c3cccc(c3)S(=O)(=O)Nc3nc(cc(-c4c(C)cccc4C)n3)OC[C@H]2CC(C)C)C1. The molecule has 0 unspecified atom stereocenters. The predicted molar refractivity (Wildman–Crippen MR) is 175 cm³/mol. The number of hydrogen-bond acceptors (Lipinski definition) is 8. The molecule has 5 rings (SSSR count). The molecular weight excluding hydrogens is 590 g/mol. The molecule has 2 heterocycles. The average Bonchev–Trinajstić information content (AvgIpc) is 2.96. The van der Waals surface area contributed by atoms with Gasteiger partial charge in [-0.1, -0.05) is 38.1 Å². The van der Waals surface area contributed by atoms with E-state index in [0.29, 0.717) is 30.3 Å². The summed E-state index contributed by atoms with van der Waals surface area (Å²) in [6, 6.07) is 14.0. The van der Waals surface area contributed by atoms with Gasteiger partial charge in [-0.05, 0) is 81.8 Å². The molecule has 1 aliphatic heterocycles. The predicted octanol–water partition coefficient (Wildman–Crippen LogP) is 5.31. The van der Waals surface area contributed by atoms with E-state index in [1.165, 1.54) is 12.1 Å². The minimum absolute atomic E-state index is 0.00520. The summed E-state index contributed by atoms with van der Waals surface area (Å²) < 4.78 is 41.4. The van der Waals surface area contributed by atoms with Gasteiger partial charge in [-0.2, -0.15) is 4.98 Å². The van der Waals surface area contributed by atoms with Crippen LogP contribution in [-0.4, -0.2) is 86.1 Å². The summed E-state index contributed by atoms with van der Waals surface area (Å²) in [6.07, 6.45) is 3.32. The number of ether oxygens (including phenoxy) is 2. The van der Waals surface area contributed by atoms with Crippen LogP contribution in [-0.2, 0) is 14.8 Å². The van der Waals surface area contributed by atoms with Gasteiger partial charge in [-0.25, -0.2) is 18.1 Å². The molecule has 0 radical (unpaired) electrons. The fourth-order valence-electron chi connectivity index (χ4n) is 6.42. The highest BCUT2D eigenvalue weighted by atomic mass is 32.2. The Hall–Kier alpha value is -3.54. The van der Waals surface area contributed by atoms with Crippen molar-refractivity contribution in [1.82, 2.24) is 19.8 Å². The normalized spacial score (nSPS) is 21.3. The Kier molecular flexibility index (Phi) is 10.1. The summed E-state index contributed by atoms with van der Waals surface area (Å²) >= 11 is 0. The quantitative estimate of drug-likeness (QED) is 0.315. The van der Waals surface area contributed by atoms with Crippen LogP contribution in [0.2, 0.25) is 0 Å². The fourth-order valence-corrected chi connectivity index (χ4v) is 7.41. The van der Waals surface area contributed by atoms with Gasteiger partial charge >= 0.3 is 0 Å². The maximum atomic E-state index is 14.3. The van der Waals surface area contributed by atoms with Gasteiger partial charge in [-0.3, -0.25) is 4.79 Å². The summed E-state index contributed by atoms with van der Waals surface area (Å²) in [7, 11) is -0.281. The van der Waals surface area contributed by atoms with E-state index in [2.05, 4.69) is 40.5 Å². The molecule has 1 atom stereocenters. The van der Waals surface area contributed by atoms with E-state index in [0.717, 1.165) is 42.5 Å². The fraction of sp³-hybridized carbons (Fsp3) is 0.500. The van der Waals surface area contributed by atoms with E-state index in [1.807, 2.05) is 36.9 Å². The first-order valence-electron chi connectivity index (χ1n) is 15.7. The van der Waals surface area contributed by atoms with Crippen LogP contribution in [0, 0.1) is 19.8 Å². The van der Waals surface area contributed by atoms with Gasteiger partial charge in [0, 0.05) is 49.5 Å². The molecule has 1 N–H and O–H groups in total. The molecule has 1 aliphatic carbocycles. The van der Waals surface area contributed by atoms with E-state index in [9.17, 15) is 13.2 Å². The van der Waals surface area contributed by atoms with E-state index in [1.54, 1.807) is 25.3 Å². The van der Waals surface area contributed by atoms with Crippen molar-refractivity contribution in [1.29, 1.82) is 0 Å². The van der Waals surface area contributed by atoms with E-state index >= 15 is 0 Å². The number of methoxy groups -OCH3 is 1. The maximum absolute atomic E-state index is 14.3. The maximum Gasteiger partial charge on any atom is 0.264 e. The zero-order chi connectivity index (χ0) is 32.3. The summed E-state index contributed by atoms with van der Waals surface area (Å²) in [5.41, 5.74) is 3.78. The molecule has 4 bridgehead atoms. The summed E-state index contributed by atoms with van der Waals surface area (Å²) in [5, 5.41) is 0. The zero-order valence-electron chi connectivity index (χ0n) is 27.1. The lowest BCUT2D eigenvalue weighted by Crippen LogP contribution is -2.59. The van der Waals surface area contributed by atoms with Crippen molar-refractivity contribution in [3.63, 3.8) is 0 Å². The summed E-state index contributed by atoms with van der Waals surface area (Å²) in [6.45, 7) is 10.1. The molecule has 0 saturated heterocycles. The summed E-state index contributed by atoms with van der Waals surface area (Å²) in [4.78, 5) is 27.7. The largest absolute Gasteiger partial charge is 0.475 e. The molecule has 1 fully saturated rings. The lowest BCUT2D eigenvalue weighted by Gasteiger charge is -2.49. The number of sulfonamides is 1. The molecule has 1 saturated carbocycles. The molecule has 0 spiro atoms. The Bertz CT molecular complexity index is 1600. The molecule has 1 aromatic heterocycles. The van der Waals surface area contributed by atoms with Crippen LogP contribution in [0.1, 0.15) is 61.0 Å². The lowest BCUT2D eigenvalue weighted by molar-refractivity contribution is 0.00151.